The van der Waals surface area contributed by atoms with Crippen molar-refractivity contribution in [2.45, 2.75) is 206 Å². The number of carboxylic acid groups (broad SMARTS) is 1. The Hall–Kier alpha value is -1.93. The molecule has 8 nitrogen and oxygen atoms in total. The normalized spacial score (nSPS) is 13.0. The number of rotatable bonds is 38. The van der Waals surface area contributed by atoms with Gasteiger partial charge in [0.15, 0.2) is 6.10 Å². The van der Waals surface area contributed by atoms with Crippen LogP contribution in [0, 0.1) is 0 Å². The smallest absolute Gasteiger partial charge is 0.306 e. The molecular weight excluding hydrogens is 642 g/mol. The van der Waals surface area contributed by atoms with Gasteiger partial charge < -0.3 is 28.6 Å². The third-order valence-electron chi connectivity index (χ3n) is 9.65. The Labute approximate surface area is 314 Å². The zero-order valence-electron chi connectivity index (χ0n) is 34.0. The fourth-order valence-corrected chi connectivity index (χ4v) is 6.29. The average molecular weight is 724 g/mol. The van der Waals surface area contributed by atoms with E-state index in [1.807, 2.05) is 0 Å². The Morgan fingerprint density at radius 1 is 0.569 bits per heavy atom. The second-order valence-corrected chi connectivity index (χ2v) is 15.6. The zero-order chi connectivity index (χ0) is 37.8. The van der Waals surface area contributed by atoms with E-state index in [2.05, 4.69) is 26.0 Å². The van der Waals surface area contributed by atoms with Crippen molar-refractivity contribution >= 4 is 17.9 Å². The Kier molecular flexibility index (Phi) is 33.8. The number of unbranched alkanes of at least 4 members (excludes halogenated alkanes) is 22. The van der Waals surface area contributed by atoms with Gasteiger partial charge in [-0.05, 0) is 32.1 Å². The first-order valence-corrected chi connectivity index (χ1v) is 21.2. The lowest BCUT2D eigenvalue weighted by Crippen LogP contribution is -2.55. The van der Waals surface area contributed by atoms with Gasteiger partial charge in [0, 0.05) is 19.3 Å². The van der Waals surface area contributed by atoms with Gasteiger partial charge in [-0.25, -0.2) is 0 Å². The minimum atomic E-state index is -1.12. The molecule has 0 aliphatic heterocycles. The van der Waals surface area contributed by atoms with E-state index in [0.29, 0.717) is 12.8 Å². The molecule has 0 bridgehead atoms. The van der Waals surface area contributed by atoms with Gasteiger partial charge in [0.25, 0.3) is 0 Å². The third kappa shape index (κ3) is 33.6. The van der Waals surface area contributed by atoms with Gasteiger partial charge in [-0.2, -0.15) is 0 Å². The summed E-state index contributed by atoms with van der Waals surface area (Å²) in [7, 11) is 5.40. The minimum absolute atomic E-state index is 0.0424. The van der Waals surface area contributed by atoms with Crippen LogP contribution < -0.4 is 5.11 Å². The second-order valence-electron chi connectivity index (χ2n) is 15.6. The molecule has 0 spiro atoms. The number of carbonyl (C=O) groups is 3. The zero-order valence-corrected chi connectivity index (χ0v) is 34.0. The summed E-state index contributed by atoms with van der Waals surface area (Å²) in [5.41, 5.74) is 0. The van der Waals surface area contributed by atoms with Crippen molar-refractivity contribution in [3.8, 4) is 0 Å². The molecule has 2 unspecified atom stereocenters. The van der Waals surface area contributed by atoms with Gasteiger partial charge in [-0.1, -0.05) is 154 Å². The van der Waals surface area contributed by atoms with E-state index in [0.717, 1.165) is 51.4 Å². The van der Waals surface area contributed by atoms with E-state index < -0.39 is 18.1 Å². The summed E-state index contributed by atoms with van der Waals surface area (Å²) in [6.45, 7) is 4.63. The summed E-state index contributed by atoms with van der Waals surface area (Å²) in [5.74, 6) is -1.74. The van der Waals surface area contributed by atoms with Crippen LogP contribution in [0.25, 0.3) is 0 Å². The van der Waals surface area contributed by atoms with E-state index in [1.54, 1.807) is 21.1 Å². The highest BCUT2D eigenvalue weighted by Gasteiger charge is 2.25. The maximum atomic E-state index is 12.6. The minimum Gasteiger partial charge on any atom is -0.544 e. The first kappa shape index (κ1) is 49.1. The summed E-state index contributed by atoms with van der Waals surface area (Å²) in [6, 6.07) is -0.722. The van der Waals surface area contributed by atoms with Crippen LogP contribution in [-0.4, -0.2) is 75.5 Å². The van der Waals surface area contributed by atoms with Crippen LogP contribution in [-0.2, 0) is 28.6 Å². The fourth-order valence-electron chi connectivity index (χ4n) is 6.29. The van der Waals surface area contributed by atoms with Crippen LogP contribution in [0.4, 0.5) is 0 Å². The molecule has 2 atom stereocenters. The number of carboxylic acids is 1. The molecule has 300 valence electrons. The molecule has 0 aromatic heterocycles. The number of ether oxygens (including phenoxy) is 3. The van der Waals surface area contributed by atoms with Gasteiger partial charge in [0.1, 0.15) is 12.6 Å². The molecule has 8 heteroatoms. The number of allylic oxidation sites excluding steroid dienone is 2. The first-order chi connectivity index (χ1) is 24.6. The topological polar surface area (TPSA) is 102 Å². The standard InChI is InChI=1S/C43H81NO7/c1-6-8-10-12-14-16-18-19-20-21-22-24-25-27-29-31-33-41(45)50-38-39(37-49-36-35-40(43(47)48)44(3,4)5)51-42(46)34-32-30-28-26-23-17-15-13-11-9-7-2/h13,15,39-40H,6-12,14,16-38H2,1-5H3/b15-13+. The molecule has 0 aromatic carbocycles. The molecule has 51 heavy (non-hydrogen) atoms. The van der Waals surface area contributed by atoms with Gasteiger partial charge in [0.2, 0.25) is 0 Å². The maximum absolute atomic E-state index is 12.6. The molecule has 0 fully saturated rings. The van der Waals surface area contributed by atoms with Crippen molar-refractivity contribution < 1.29 is 38.2 Å². The lowest BCUT2D eigenvalue weighted by molar-refractivity contribution is -0.889. The van der Waals surface area contributed by atoms with E-state index in [4.69, 9.17) is 14.2 Å². The number of carbonyl (C=O) groups excluding carboxylic acids is 3. The highest BCUT2D eigenvalue weighted by molar-refractivity contribution is 5.70. The van der Waals surface area contributed by atoms with Crippen molar-refractivity contribution in [2.75, 3.05) is 41.0 Å². The van der Waals surface area contributed by atoms with Gasteiger partial charge in [0.05, 0.1) is 40.3 Å². The number of hydrogen-bond donors (Lipinski definition) is 0. The Morgan fingerprint density at radius 3 is 1.47 bits per heavy atom. The summed E-state index contributed by atoms with van der Waals surface area (Å²) >= 11 is 0. The van der Waals surface area contributed by atoms with Crippen molar-refractivity contribution in [3.63, 3.8) is 0 Å². The first-order valence-electron chi connectivity index (χ1n) is 21.2. The quantitative estimate of drug-likeness (QED) is 0.0271. The van der Waals surface area contributed by atoms with E-state index in [1.165, 1.54) is 109 Å². The number of nitrogens with zero attached hydrogens (tertiary/aromatic N) is 1. The molecule has 0 N–H and O–H groups in total. The van der Waals surface area contributed by atoms with Crippen molar-refractivity contribution in [2.24, 2.45) is 0 Å². The molecule has 0 saturated heterocycles. The summed E-state index contributed by atoms with van der Waals surface area (Å²) in [4.78, 5) is 36.7. The number of hydrogen-bond acceptors (Lipinski definition) is 7. The van der Waals surface area contributed by atoms with Crippen LogP contribution in [0.15, 0.2) is 12.2 Å². The highest BCUT2D eigenvalue weighted by atomic mass is 16.6. The van der Waals surface area contributed by atoms with Crippen LogP contribution in [0.1, 0.15) is 194 Å². The summed E-state index contributed by atoms with van der Waals surface area (Å²) < 4.78 is 17.1. The molecule has 0 aliphatic rings. The largest absolute Gasteiger partial charge is 0.544 e. The average Bonchev–Trinajstić information content (AvgIpc) is 3.08. The Morgan fingerprint density at radius 2 is 1.00 bits per heavy atom. The molecule has 0 saturated carbocycles. The van der Waals surface area contributed by atoms with Crippen LogP contribution in [0.5, 0.6) is 0 Å². The monoisotopic (exact) mass is 724 g/mol. The predicted molar refractivity (Wildman–Crippen MR) is 208 cm³/mol. The van der Waals surface area contributed by atoms with Crippen molar-refractivity contribution in [3.05, 3.63) is 12.2 Å². The van der Waals surface area contributed by atoms with Crippen LogP contribution >= 0.6 is 0 Å². The molecule has 0 aromatic rings. The lowest BCUT2D eigenvalue weighted by atomic mass is 10.0. The number of esters is 2. The lowest BCUT2D eigenvalue weighted by Gasteiger charge is -2.34. The van der Waals surface area contributed by atoms with E-state index >= 15 is 0 Å². The van der Waals surface area contributed by atoms with Gasteiger partial charge in [-0.3, -0.25) is 9.59 Å². The second kappa shape index (κ2) is 35.1. The molecule has 0 radical (unpaired) electrons. The van der Waals surface area contributed by atoms with Crippen molar-refractivity contribution in [1.29, 1.82) is 0 Å². The molecule has 0 heterocycles. The van der Waals surface area contributed by atoms with Gasteiger partial charge in [-0.15, -0.1) is 0 Å². The van der Waals surface area contributed by atoms with Crippen molar-refractivity contribution in [1.82, 2.24) is 0 Å². The number of quaternary nitrogens is 1. The SMILES string of the molecule is CCCC/C=C/CCCCCCCC(=O)OC(COCCC(C(=O)[O-])[N+](C)(C)C)COC(=O)CCCCCCCCCCCCCCCCCC. The summed E-state index contributed by atoms with van der Waals surface area (Å²) in [5, 5.41) is 11.6. The van der Waals surface area contributed by atoms with Crippen LogP contribution in [0.2, 0.25) is 0 Å². The predicted octanol–water partition coefficient (Wildman–Crippen LogP) is 9.80. The van der Waals surface area contributed by atoms with Gasteiger partial charge >= 0.3 is 11.9 Å². The highest BCUT2D eigenvalue weighted by Crippen LogP contribution is 2.15. The Balaban J connectivity index is 4.31. The molecule has 0 aliphatic carbocycles. The fraction of sp³-hybridized carbons (Fsp3) is 0.884. The Bertz CT molecular complexity index is 854. The third-order valence-corrected chi connectivity index (χ3v) is 9.65. The molecular formula is C43H81NO7. The number of aliphatic carboxylic acids is 1. The molecule has 0 rings (SSSR count). The summed E-state index contributed by atoms with van der Waals surface area (Å²) in [6.07, 6.45) is 35.2. The number of likely N-dealkylation sites (N-methyl/N-ethyl adjacent to an activating group) is 1. The van der Waals surface area contributed by atoms with E-state index in [9.17, 15) is 19.5 Å². The van der Waals surface area contributed by atoms with Crippen LogP contribution in [0.3, 0.4) is 0 Å². The van der Waals surface area contributed by atoms with E-state index in [-0.39, 0.29) is 42.7 Å². The molecule has 0 amide bonds. The maximum Gasteiger partial charge on any atom is 0.306 e.